The lowest BCUT2D eigenvalue weighted by molar-refractivity contribution is -0.137. The molecule has 0 aliphatic carbocycles. The van der Waals surface area contributed by atoms with Crippen molar-refractivity contribution in [1.82, 2.24) is 0 Å². The molecule has 0 heterocycles. The molecular weight excluding hydrogens is 533 g/mol. The number of carbonyl (C=O) groups is 2. The Kier molecular flexibility index (Phi) is 17.5. The van der Waals surface area contributed by atoms with E-state index in [0.29, 0.717) is 39.5 Å². The quantitative estimate of drug-likeness (QED) is 0.0544. The molecular formula is C23H50O9Si4. The highest BCUT2D eigenvalue weighted by Gasteiger charge is 2.45. The van der Waals surface area contributed by atoms with E-state index in [1.165, 1.54) is 6.08 Å². The minimum absolute atomic E-state index is 0.361. The first-order valence-corrected chi connectivity index (χ1v) is 24.3. The van der Waals surface area contributed by atoms with Crippen molar-refractivity contribution in [3.05, 3.63) is 12.7 Å². The third kappa shape index (κ3) is 18.6. The van der Waals surface area contributed by atoms with E-state index in [1.807, 2.05) is 0 Å². The number of carbonyl (C=O) groups excluding carboxylic acids is 2. The van der Waals surface area contributed by atoms with E-state index < -0.39 is 39.7 Å². The van der Waals surface area contributed by atoms with Crippen molar-refractivity contribution in [1.29, 1.82) is 0 Å². The zero-order valence-electron chi connectivity index (χ0n) is 23.8. The first-order valence-electron chi connectivity index (χ1n) is 12.7. The Morgan fingerprint density at radius 1 is 0.750 bits per heavy atom. The van der Waals surface area contributed by atoms with Crippen LogP contribution in [-0.4, -0.2) is 86.3 Å². The van der Waals surface area contributed by atoms with Crippen LogP contribution in [0.2, 0.25) is 64.0 Å². The van der Waals surface area contributed by atoms with Crippen LogP contribution >= 0.6 is 0 Å². The fourth-order valence-corrected chi connectivity index (χ4v) is 23.8. The Morgan fingerprint density at radius 3 is 1.92 bits per heavy atom. The second kappa shape index (κ2) is 17.8. The molecule has 0 aromatic heterocycles. The summed E-state index contributed by atoms with van der Waals surface area (Å²) in [6.07, 6.45) is 3.54. The van der Waals surface area contributed by atoms with Crippen LogP contribution < -0.4 is 0 Å². The molecule has 0 radical (unpaired) electrons. The molecule has 0 fully saturated rings. The first kappa shape index (κ1) is 35.3. The van der Waals surface area contributed by atoms with Gasteiger partial charge >= 0.3 is 23.1 Å². The number of hydrogen-bond donors (Lipinski definition) is 0. The number of methoxy groups -OCH3 is 1. The molecule has 1 atom stereocenters. The summed E-state index contributed by atoms with van der Waals surface area (Å²) in [5, 5.41) is 0. The molecule has 0 aromatic carbocycles. The summed E-state index contributed by atoms with van der Waals surface area (Å²) in [4.78, 5) is 21.7. The highest BCUT2D eigenvalue weighted by molar-refractivity contribution is 6.89. The Morgan fingerprint density at radius 2 is 1.33 bits per heavy atom. The average Bonchev–Trinajstić information content (AvgIpc) is 2.74. The Labute approximate surface area is 222 Å². The smallest absolute Gasteiger partial charge is 0.330 e. The number of ether oxygens (including phenoxy) is 4. The predicted octanol–water partition coefficient (Wildman–Crippen LogP) is 4.96. The van der Waals surface area contributed by atoms with Crippen LogP contribution in [0.4, 0.5) is 0 Å². The molecule has 0 N–H and O–H groups in total. The lowest BCUT2D eigenvalue weighted by Crippen LogP contribution is -2.57. The molecule has 0 aliphatic heterocycles. The summed E-state index contributed by atoms with van der Waals surface area (Å²) in [7, 11) is -7.58. The van der Waals surface area contributed by atoms with Gasteiger partial charge in [0.05, 0.1) is 26.4 Å². The van der Waals surface area contributed by atoms with Crippen molar-refractivity contribution in [3.63, 3.8) is 0 Å². The second-order valence-electron chi connectivity index (χ2n) is 10.6. The molecule has 0 spiro atoms. The van der Waals surface area contributed by atoms with E-state index in [4.69, 9.17) is 31.3 Å². The summed E-state index contributed by atoms with van der Waals surface area (Å²) >= 11 is 0. The van der Waals surface area contributed by atoms with Crippen molar-refractivity contribution in [2.24, 2.45) is 0 Å². The summed E-state index contributed by atoms with van der Waals surface area (Å²) in [5.74, 6) is -0.400. The summed E-state index contributed by atoms with van der Waals surface area (Å²) < 4.78 is 41.1. The largest absolute Gasteiger partial charge is 0.468 e. The van der Waals surface area contributed by atoms with E-state index in [-0.39, 0.29) is 0 Å². The molecule has 0 amide bonds. The van der Waals surface area contributed by atoms with Gasteiger partial charge in [-0.15, -0.1) is 0 Å². The van der Waals surface area contributed by atoms with Crippen molar-refractivity contribution < 1.29 is 40.9 Å². The van der Waals surface area contributed by atoms with Gasteiger partial charge in [-0.2, -0.15) is 0 Å². The van der Waals surface area contributed by atoms with Crippen molar-refractivity contribution in [3.8, 4) is 0 Å². The number of hydrogen-bond acceptors (Lipinski definition) is 9. The van der Waals surface area contributed by atoms with E-state index in [1.54, 1.807) is 7.11 Å². The van der Waals surface area contributed by atoms with Gasteiger partial charge < -0.3 is 31.3 Å². The standard InChI is InChI=1S/C23H50O9Si4/c1-10-23(25)29-16-13-20-33(3,4)30-35(7,8)32-36(9,21-12-14-27-18-17-26-2)31-34(5,6)19-11-15-28-22-24/h10,22H,1,11-21H2,2-9H3. The molecule has 0 aliphatic rings. The summed E-state index contributed by atoms with van der Waals surface area (Å²) in [6, 6.07) is 2.55. The molecule has 212 valence electrons. The second-order valence-corrected chi connectivity index (χ2v) is 26.7. The summed E-state index contributed by atoms with van der Waals surface area (Å²) in [5.41, 5.74) is 0. The highest BCUT2D eigenvalue weighted by atomic mass is 28.5. The average molecular weight is 583 g/mol. The SMILES string of the molecule is C=CC(=O)OCCC[Si](C)(C)O[Si](C)(C)O[Si](C)(CCCOCCOC)O[Si](C)(C)CCCOC=O. The van der Waals surface area contributed by atoms with Gasteiger partial charge in [0.15, 0.2) is 16.6 Å². The highest BCUT2D eigenvalue weighted by Crippen LogP contribution is 2.30. The predicted molar refractivity (Wildman–Crippen MR) is 151 cm³/mol. The normalized spacial score (nSPS) is 14.2. The van der Waals surface area contributed by atoms with Gasteiger partial charge in [-0.25, -0.2) is 4.79 Å². The zero-order valence-corrected chi connectivity index (χ0v) is 27.8. The maximum atomic E-state index is 11.3. The van der Waals surface area contributed by atoms with Crippen LogP contribution in [0.3, 0.4) is 0 Å². The van der Waals surface area contributed by atoms with Crippen LogP contribution in [0, 0.1) is 0 Å². The number of rotatable bonds is 23. The number of esters is 1. The zero-order chi connectivity index (χ0) is 27.7. The molecule has 9 nitrogen and oxygen atoms in total. The van der Waals surface area contributed by atoms with Crippen LogP contribution in [-0.2, 0) is 40.9 Å². The lowest BCUT2D eigenvalue weighted by atomic mass is 10.5. The van der Waals surface area contributed by atoms with Crippen LogP contribution in [0.25, 0.3) is 0 Å². The molecule has 0 rings (SSSR count). The van der Waals surface area contributed by atoms with E-state index in [9.17, 15) is 9.59 Å². The maximum absolute atomic E-state index is 11.3. The van der Waals surface area contributed by atoms with Gasteiger partial charge in [-0.1, -0.05) is 6.58 Å². The van der Waals surface area contributed by atoms with Gasteiger partial charge in [-0.05, 0) is 83.2 Å². The van der Waals surface area contributed by atoms with E-state index >= 15 is 0 Å². The van der Waals surface area contributed by atoms with Crippen molar-refractivity contribution in [2.45, 2.75) is 83.2 Å². The third-order valence-corrected chi connectivity index (χ3v) is 21.5. The molecule has 0 aromatic rings. The van der Waals surface area contributed by atoms with Gasteiger partial charge in [0.2, 0.25) is 0 Å². The Hall–Kier alpha value is -0.652. The van der Waals surface area contributed by atoms with Crippen molar-refractivity contribution >= 4 is 46.2 Å². The minimum atomic E-state index is -2.60. The fraction of sp³-hybridized carbons (Fsp3) is 0.826. The van der Waals surface area contributed by atoms with Crippen molar-refractivity contribution in [2.75, 3.05) is 40.1 Å². The molecule has 13 heteroatoms. The van der Waals surface area contributed by atoms with Gasteiger partial charge in [0, 0.05) is 19.8 Å². The molecule has 36 heavy (non-hydrogen) atoms. The fourth-order valence-electron chi connectivity index (χ4n) is 4.11. The maximum Gasteiger partial charge on any atom is 0.330 e. The minimum Gasteiger partial charge on any atom is -0.468 e. The summed E-state index contributed by atoms with van der Waals surface area (Å²) in [6.45, 7) is 21.5. The monoisotopic (exact) mass is 582 g/mol. The van der Waals surface area contributed by atoms with Gasteiger partial charge in [0.1, 0.15) is 0 Å². The van der Waals surface area contributed by atoms with E-state index in [2.05, 4.69) is 52.4 Å². The first-order chi connectivity index (χ1) is 16.7. The molecule has 0 saturated heterocycles. The van der Waals surface area contributed by atoms with Gasteiger partial charge in [0.25, 0.3) is 6.47 Å². The Balaban J connectivity index is 5.18. The lowest BCUT2D eigenvalue weighted by Gasteiger charge is -2.42. The third-order valence-electron chi connectivity index (χ3n) is 5.27. The van der Waals surface area contributed by atoms with Gasteiger partial charge in [-0.3, -0.25) is 4.79 Å². The van der Waals surface area contributed by atoms with E-state index in [0.717, 1.165) is 37.4 Å². The molecule has 0 bridgehead atoms. The van der Waals surface area contributed by atoms with Crippen LogP contribution in [0.1, 0.15) is 19.3 Å². The topological polar surface area (TPSA) is 98.8 Å². The van der Waals surface area contributed by atoms with Crippen LogP contribution in [0.15, 0.2) is 12.7 Å². The Bertz CT molecular complexity index is 647. The molecule has 0 saturated carbocycles. The van der Waals surface area contributed by atoms with Crippen LogP contribution in [0.5, 0.6) is 0 Å². The molecule has 1 unspecified atom stereocenters.